The Morgan fingerprint density at radius 2 is 2.00 bits per heavy atom. The third-order valence-corrected chi connectivity index (χ3v) is 6.05. The zero-order valence-corrected chi connectivity index (χ0v) is 20.6. The number of carbonyl (C=O) groups excluding carboxylic acids is 2. The fourth-order valence-electron chi connectivity index (χ4n) is 4.00. The minimum atomic E-state index is -0.619. The van der Waals surface area contributed by atoms with E-state index in [1.165, 1.54) is 17.6 Å². The molecule has 0 fully saturated rings. The molecule has 0 bridgehead atoms. The summed E-state index contributed by atoms with van der Waals surface area (Å²) in [4.78, 5) is 25.3. The maximum atomic E-state index is 12.7. The lowest BCUT2D eigenvalue weighted by atomic mass is 9.85. The van der Waals surface area contributed by atoms with Gasteiger partial charge in [0, 0.05) is 32.5 Å². The van der Waals surface area contributed by atoms with Crippen molar-refractivity contribution in [2.45, 2.75) is 51.5 Å². The molecule has 1 aromatic rings. The second-order valence-electron chi connectivity index (χ2n) is 8.96. The van der Waals surface area contributed by atoms with Crippen LogP contribution in [0, 0.1) is 5.92 Å². The van der Waals surface area contributed by atoms with Gasteiger partial charge in [-0.1, -0.05) is 54.1 Å². The van der Waals surface area contributed by atoms with Crippen molar-refractivity contribution in [2.24, 2.45) is 11.7 Å². The first-order valence-corrected chi connectivity index (χ1v) is 12.4. The molecule has 0 saturated heterocycles. The average molecular weight is 471 g/mol. The molecule has 5 N–H and O–H groups in total. The van der Waals surface area contributed by atoms with E-state index in [-0.39, 0.29) is 11.8 Å². The van der Waals surface area contributed by atoms with Gasteiger partial charge in [-0.3, -0.25) is 9.59 Å². The molecule has 188 valence electrons. The zero-order valence-electron chi connectivity index (χ0n) is 20.6. The SMILES string of the molecule is C=C(C)[C@H]1CC=C(CNCCCC(=O)N[C@@H](Cc2ccccc2)C(=O)NCCOCCN)CC1. The van der Waals surface area contributed by atoms with Crippen LogP contribution in [0.4, 0.5) is 0 Å². The van der Waals surface area contributed by atoms with Crippen LogP contribution >= 0.6 is 0 Å². The van der Waals surface area contributed by atoms with E-state index in [0.717, 1.165) is 37.9 Å². The Hall–Kier alpha value is -2.48. The summed E-state index contributed by atoms with van der Waals surface area (Å²) in [6.07, 6.45) is 7.24. The first-order valence-electron chi connectivity index (χ1n) is 12.4. The Labute approximate surface area is 204 Å². The van der Waals surface area contributed by atoms with Crippen LogP contribution in [0.5, 0.6) is 0 Å². The molecule has 0 aliphatic heterocycles. The van der Waals surface area contributed by atoms with Gasteiger partial charge in [-0.05, 0) is 50.6 Å². The van der Waals surface area contributed by atoms with Gasteiger partial charge in [-0.2, -0.15) is 0 Å². The third-order valence-electron chi connectivity index (χ3n) is 6.05. The standard InChI is InChI=1S/C27H42N4O3/c1-21(2)24-12-10-23(11-13-24)20-29-15-6-9-26(32)31-25(19-22-7-4-3-5-8-22)27(33)30-16-18-34-17-14-28/h3-5,7-8,10,24-25,29H,1,6,9,11-20,28H2,2H3,(H,30,33)(H,31,32)/t24-,25-/m0/s1. The number of nitrogens with one attached hydrogen (secondary N) is 3. The number of carbonyl (C=O) groups is 2. The predicted octanol–water partition coefficient (Wildman–Crippen LogP) is 2.48. The largest absolute Gasteiger partial charge is 0.378 e. The molecule has 0 aromatic heterocycles. The molecule has 2 amide bonds. The van der Waals surface area contributed by atoms with Gasteiger partial charge in [-0.15, -0.1) is 0 Å². The van der Waals surface area contributed by atoms with Crippen LogP contribution in [0.15, 0.2) is 54.1 Å². The minimum absolute atomic E-state index is 0.113. The number of hydrogen-bond acceptors (Lipinski definition) is 5. The molecule has 34 heavy (non-hydrogen) atoms. The van der Waals surface area contributed by atoms with E-state index in [0.29, 0.717) is 45.1 Å². The molecule has 1 aliphatic carbocycles. The summed E-state index contributed by atoms with van der Waals surface area (Å²) < 4.78 is 5.31. The molecule has 0 radical (unpaired) electrons. The van der Waals surface area contributed by atoms with Gasteiger partial charge in [0.05, 0.1) is 13.2 Å². The van der Waals surface area contributed by atoms with E-state index in [4.69, 9.17) is 10.5 Å². The van der Waals surface area contributed by atoms with E-state index >= 15 is 0 Å². The van der Waals surface area contributed by atoms with Crippen molar-refractivity contribution in [1.29, 1.82) is 0 Å². The van der Waals surface area contributed by atoms with E-state index < -0.39 is 6.04 Å². The molecule has 1 aliphatic rings. The van der Waals surface area contributed by atoms with Gasteiger partial charge in [0.2, 0.25) is 11.8 Å². The molecule has 1 aromatic carbocycles. The second kappa shape index (κ2) is 16.2. The van der Waals surface area contributed by atoms with Crippen molar-refractivity contribution in [3.63, 3.8) is 0 Å². The van der Waals surface area contributed by atoms with Gasteiger partial charge in [-0.25, -0.2) is 0 Å². The zero-order chi connectivity index (χ0) is 24.6. The topological polar surface area (TPSA) is 105 Å². The van der Waals surface area contributed by atoms with Crippen LogP contribution in [-0.2, 0) is 20.7 Å². The highest BCUT2D eigenvalue weighted by Crippen LogP contribution is 2.27. The number of rotatable bonds is 16. The van der Waals surface area contributed by atoms with Gasteiger partial charge in [0.25, 0.3) is 0 Å². The second-order valence-corrected chi connectivity index (χ2v) is 8.96. The van der Waals surface area contributed by atoms with Crippen molar-refractivity contribution in [3.05, 3.63) is 59.7 Å². The monoisotopic (exact) mass is 470 g/mol. The van der Waals surface area contributed by atoms with Crippen molar-refractivity contribution >= 4 is 11.8 Å². The number of hydrogen-bond donors (Lipinski definition) is 4. The van der Waals surface area contributed by atoms with Crippen LogP contribution < -0.4 is 21.7 Å². The van der Waals surface area contributed by atoms with Crippen molar-refractivity contribution in [2.75, 3.05) is 39.4 Å². The van der Waals surface area contributed by atoms with Crippen molar-refractivity contribution in [3.8, 4) is 0 Å². The smallest absolute Gasteiger partial charge is 0.243 e. The number of allylic oxidation sites excluding steroid dienone is 2. The highest BCUT2D eigenvalue weighted by molar-refractivity contribution is 5.87. The Bertz CT molecular complexity index is 794. The molecular weight excluding hydrogens is 428 g/mol. The molecule has 7 heteroatoms. The first kappa shape index (κ1) is 27.8. The fourth-order valence-corrected chi connectivity index (χ4v) is 4.00. The molecule has 7 nitrogen and oxygen atoms in total. The van der Waals surface area contributed by atoms with Gasteiger partial charge in [0.1, 0.15) is 6.04 Å². The number of nitrogens with two attached hydrogens (primary N) is 1. The Morgan fingerprint density at radius 1 is 1.21 bits per heavy atom. The molecule has 0 spiro atoms. The molecule has 0 unspecified atom stereocenters. The number of benzene rings is 1. The molecule has 0 heterocycles. The lowest BCUT2D eigenvalue weighted by molar-refractivity contribution is -0.129. The third kappa shape index (κ3) is 11.1. The summed E-state index contributed by atoms with van der Waals surface area (Å²) in [7, 11) is 0. The van der Waals surface area contributed by atoms with Crippen LogP contribution in [0.1, 0.15) is 44.6 Å². The van der Waals surface area contributed by atoms with E-state index in [9.17, 15) is 9.59 Å². The molecule has 2 atom stereocenters. The highest BCUT2D eigenvalue weighted by Gasteiger charge is 2.21. The van der Waals surface area contributed by atoms with Crippen LogP contribution in [0.25, 0.3) is 0 Å². The van der Waals surface area contributed by atoms with E-state index in [1.54, 1.807) is 0 Å². The van der Waals surface area contributed by atoms with E-state index in [1.807, 2.05) is 30.3 Å². The van der Waals surface area contributed by atoms with Gasteiger partial charge < -0.3 is 26.4 Å². The number of amides is 2. The summed E-state index contributed by atoms with van der Waals surface area (Å²) in [5, 5.41) is 9.20. The minimum Gasteiger partial charge on any atom is -0.378 e. The van der Waals surface area contributed by atoms with Crippen molar-refractivity contribution < 1.29 is 14.3 Å². The normalized spacial score (nSPS) is 16.4. The Morgan fingerprint density at radius 3 is 2.68 bits per heavy atom. The summed E-state index contributed by atoms with van der Waals surface area (Å²) in [5.41, 5.74) is 9.11. The van der Waals surface area contributed by atoms with Crippen LogP contribution in [0.3, 0.4) is 0 Å². The lowest BCUT2D eigenvalue weighted by Crippen LogP contribution is -2.48. The fraction of sp³-hybridized carbons (Fsp3) is 0.556. The molecular formula is C27H42N4O3. The summed E-state index contributed by atoms with van der Waals surface area (Å²) in [5.74, 6) is 0.300. The predicted molar refractivity (Wildman–Crippen MR) is 137 cm³/mol. The highest BCUT2D eigenvalue weighted by atomic mass is 16.5. The Balaban J connectivity index is 1.72. The van der Waals surface area contributed by atoms with Gasteiger partial charge in [0.15, 0.2) is 0 Å². The van der Waals surface area contributed by atoms with Gasteiger partial charge >= 0.3 is 0 Å². The quantitative estimate of drug-likeness (QED) is 0.219. The summed E-state index contributed by atoms with van der Waals surface area (Å²) in [6, 6.07) is 9.09. The molecule has 0 saturated carbocycles. The first-order chi connectivity index (χ1) is 16.5. The van der Waals surface area contributed by atoms with Crippen LogP contribution in [0.2, 0.25) is 0 Å². The average Bonchev–Trinajstić information content (AvgIpc) is 2.84. The summed E-state index contributed by atoms with van der Waals surface area (Å²) >= 11 is 0. The summed E-state index contributed by atoms with van der Waals surface area (Å²) in [6.45, 7) is 9.50. The lowest BCUT2D eigenvalue weighted by Gasteiger charge is -2.22. The van der Waals surface area contributed by atoms with E-state index in [2.05, 4.69) is 35.5 Å². The van der Waals surface area contributed by atoms with Crippen LogP contribution in [-0.4, -0.2) is 57.2 Å². The number of ether oxygens (including phenoxy) is 1. The van der Waals surface area contributed by atoms with Crippen molar-refractivity contribution in [1.82, 2.24) is 16.0 Å². The maximum absolute atomic E-state index is 12.7. The maximum Gasteiger partial charge on any atom is 0.243 e. The Kier molecular flexibility index (Phi) is 13.2. The molecule has 2 rings (SSSR count).